The number of rotatable bonds is 13. The van der Waals surface area contributed by atoms with Gasteiger partial charge in [-0.3, -0.25) is 13.9 Å². The molecule has 4 aromatic carbocycles. The summed E-state index contributed by atoms with van der Waals surface area (Å²) in [6.45, 7) is 2.45. The van der Waals surface area contributed by atoms with E-state index in [1.807, 2.05) is 0 Å². The molecule has 0 saturated carbocycles. The van der Waals surface area contributed by atoms with Crippen molar-refractivity contribution in [2.24, 2.45) is 0 Å². The summed E-state index contributed by atoms with van der Waals surface area (Å²) in [5, 5.41) is 2.21. The average Bonchev–Trinajstić information content (AvgIpc) is 3.05. The van der Waals surface area contributed by atoms with Crippen LogP contribution in [-0.4, -0.2) is 50.9 Å². The number of hydrogen-bond acceptors (Lipinski definition) is 5. The highest BCUT2D eigenvalue weighted by Crippen LogP contribution is 2.38. The minimum atomic E-state index is -4.91. The number of methoxy groups -OCH3 is 1. The number of nitrogens with zero attached hydrogens (tertiary/aromatic N) is 2. The minimum absolute atomic E-state index is 0.0692. The maximum atomic E-state index is 14.5. The molecule has 0 aliphatic rings. The Hall–Kier alpha value is -4.55. The standard InChI is InChI=1S/C35H35ClF3N3O5S/c1-24(2)40-34(44)32(20-25-11-6-4-7-12-25)41(22-26-13-10-14-28(19-26)47-3)33(43)23-42(48(45,46)29-15-8-5-9-16-29)27-17-18-31(36)30(21-27)35(37,38)39/h4-19,21,24,32H,20,22-23H2,1-3H3,(H,40,44)/t32-/m1/s1. The molecule has 1 N–H and O–H groups in total. The zero-order valence-electron chi connectivity index (χ0n) is 26.4. The van der Waals surface area contributed by atoms with Crippen LogP contribution in [0.1, 0.15) is 30.5 Å². The quantitative estimate of drug-likeness (QED) is 0.167. The van der Waals surface area contributed by atoms with E-state index in [2.05, 4.69) is 5.32 Å². The number of carbonyl (C=O) groups is 2. The molecule has 2 amide bonds. The maximum Gasteiger partial charge on any atom is 0.417 e. The molecule has 48 heavy (non-hydrogen) atoms. The van der Waals surface area contributed by atoms with E-state index in [4.69, 9.17) is 16.3 Å². The van der Waals surface area contributed by atoms with Gasteiger partial charge in [0.25, 0.3) is 10.0 Å². The van der Waals surface area contributed by atoms with Crippen molar-refractivity contribution in [3.63, 3.8) is 0 Å². The third-order valence-corrected chi connectivity index (χ3v) is 9.46. The number of sulfonamides is 1. The lowest BCUT2D eigenvalue weighted by Gasteiger charge is -2.34. The Kier molecular flexibility index (Phi) is 11.8. The summed E-state index contributed by atoms with van der Waals surface area (Å²) in [6, 6.07) is 24.0. The maximum absolute atomic E-state index is 14.5. The van der Waals surface area contributed by atoms with E-state index in [-0.39, 0.29) is 23.9 Å². The molecule has 0 aromatic heterocycles. The molecule has 0 spiro atoms. The molecule has 0 heterocycles. The highest BCUT2D eigenvalue weighted by atomic mass is 35.5. The summed E-state index contributed by atoms with van der Waals surface area (Å²) in [5.74, 6) is -0.839. The summed E-state index contributed by atoms with van der Waals surface area (Å²) in [4.78, 5) is 29.3. The van der Waals surface area contributed by atoms with Crippen LogP contribution in [0.5, 0.6) is 5.75 Å². The van der Waals surface area contributed by atoms with Gasteiger partial charge in [0.2, 0.25) is 11.8 Å². The number of benzene rings is 4. The molecule has 4 aromatic rings. The van der Waals surface area contributed by atoms with Gasteiger partial charge in [-0.2, -0.15) is 13.2 Å². The van der Waals surface area contributed by atoms with Crippen LogP contribution in [-0.2, 0) is 38.8 Å². The number of hydrogen-bond donors (Lipinski definition) is 1. The SMILES string of the molecule is COc1cccc(CN(C(=O)CN(c2ccc(Cl)c(C(F)(F)F)c2)S(=O)(=O)c2ccccc2)[C@H](Cc2ccccc2)C(=O)NC(C)C)c1. The number of ether oxygens (including phenoxy) is 1. The second kappa shape index (κ2) is 15.6. The van der Waals surface area contributed by atoms with Gasteiger partial charge in [0.1, 0.15) is 18.3 Å². The molecule has 0 bridgehead atoms. The Bertz CT molecular complexity index is 1820. The Morgan fingerprint density at radius 3 is 2.10 bits per heavy atom. The molecular weight excluding hydrogens is 667 g/mol. The second-order valence-corrected chi connectivity index (χ2v) is 13.5. The largest absolute Gasteiger partial charge is 0.497 e. The molecule has 4 rings (SSSR count). The molecule has 13 heteroatoms. The van der Waals surface area contributed by atoms with Gasteiger partial charge < -0.3 is 15.0 Å². The van der Waals surface area contributed by atoms with E-state index in [9.17, 15) is 31.2 Å². The van der Waals surface area contributed by atoms with Crippen molar-refractivity contribution in [1.82, 2.24) is 10.2 Å². The van der Waals surface area contributed by atoms with Gasteiger partial charge in [0.05, 0.1) is 28.3 Å². The van der Waals surface area contributed by atoms with Crippen molar-refractivity contribution in [3.05, 3.63) is 125 Å². The zero-order valence-corrected chi connectivity index (χ0v) is 28.0. The average molecular weight is 702 g/mol. The van der Waals surface area contributed by atoms with Crippen molar-refractivity contribution in [2.75, 3.05) is 18.0 Å². The lowest BCUT2D eigenvalue weighted by atomic mass is 10.0. The summed E-state index contributed by atoms with van der Waals surface area (Å²) >= 11 is 5.87. The van der Waals surface area contributed by atoms with Crippen LogP contribution < -0.4 is 14.4 Å². The van der Waals surface area contributed by atoms with Gasteiger partial charge in [0, 0.05) is 19.0 Å². The van der Waals surface area contributed by atoms with Crippen LogP contribution in [0.3, 0.4) is 0 Å². The molecule has 0 unspecified atom stereocenters. The third-order valence-electron chi connectivity index (χ3n) is 7.34. The van der Waals surface area contributed by atoms with Crippen molar-refractivity contribution < 1.29 is 35.9 Å². The lowest BCUT2D eigenvalue weighted by molar-refractivity contribution is -0.140. The molecular formula is C35H35ClF3N3O5S. The third kappa shape index (κ3) is 9.07. The number of nitrogens with one attached hydrogen (secondary N) is 1. The van der Waals surface area contributed by atoms with E-state index < -0.39 is 56.9 Å². The van der Waals surface area contributed by atoms with E-state index >= 15 is 0 Å². The first kappa shape index (κ1) is 36.3. The van der Waals surface area contributed by atoms with Crippen LogP contribution in [0.15, 0.2) is 108 Å². The van der Waals surface area contributed by atoms with Gasteiger partial charge in [-0.1, -0.05) is 72.3 Å². The minimum Gasteiger partial charge on any atom is -0.497 e. The number of carbonyl (C=O) groups excluding carboxylic acids is 2. The van der Waals surface area contributed by atoms with E-state index in [1.165, 1.54) is 36.3 Å². The number of anilines is 1. The lowest BCUT2D eigenvalue weighted by Crippen LogP contribution is -2.54. The monoisotopic (exact) mass is 701 g/mol. The summed E-state index contributed by atoms with van der Waals surface area (Å²) in [6.07, 6.45) is -4.84. The number of amides is 2. The highest BCUT2D eigenvalue weighted by molar-refractivity contribution is 7.92. The number of halogens is 4. The molecule has 1 atom stereocenters. The Balaban J connectivity index is 1.87. The fourth-order valence-electron chi connectivity index (χ4n) is 5.04. The van der Waals surface area contributed by atoms with Crippen LogP contribution in [0, 0.1) is 0 Å². The zero-order chi connectivity index (χ0) is 35.1. The second-order valence-electron chi connectivity index (χ2n) is 11.2. The Morgan fingerprint density at radius 1 is 0.875 bits per heavy atom. The van der Waals surface area contributed by atoms with Crippen molar-refractivity contribution in [3.8, 4) is 5.75 Å². The predicted molar refractivity (Wildman–Crippen MR) is 178 cm³/mol. The van der Waals surface area contributed by atoms with Crippen molar-refractivity contribution in [1.29, 1.82) is 0 Å². The fourth-order valence-corrected chi connectivity index (χ4v) is 6.69. The first-order valence-corrected chi connectivity index (χ1v) is 16.7. The van der Waals surface area contributed by atoms with Gasteiger partial charge in [-0.15, -0.1) is 0 Å². The Morgan fingerprint density at radius 2 is 1.50 bits per heavy atom. The summed E-state index contributed by atoms with van der Waals surface area (Å²) in [7, 11) is -3.13. The van der Waals surface area contributed by atoms with Crippen LogP contribution in [0.4, 0.5) is 18.9 Å². The molecule has 0 aliphatic carbocycles. The molecule has 254 valence electrons. The fraction of sp³-hybridized carbons (Fsp3) is 0.257. The van der Waals surface area contributed by atoms with Gasteiger partial charge >= 0.3 is 6.18 Å². The molecule has 0 aliphatic heterocycles. The van der Waals surface area contributed by atoms with Gasteiger partial charge in [-0.25, -0.2) is 8.42 Å². The van der Waals surface area contributed by atoms with Crippen molar-refractivity contribution in [2.45, 2.75) is 50.0 Å². The van der Waals surface area contributed by atoms with Crippen LogP contribution in [0.2, 0.25) is 5.02 Å². The smallest absolute Gasteiger partial charge is 0.417 e. The van der Waals surface area contributed by atoms with Gasteiger partial charge in [0.15, 0.2) is 0 Å². The van der Waals surface area contributed by atoms with Crippen LogP contribution in [0.25, 0.3) is 0 Å². The summed E-state index contributed by atoms with van der Waals surface area (Å²) in [5.41, 5.74) is -0.405. The first-order valence-electron chi connectivity index (χ1n) is 14.9. The number of alkyl halides is 3. The summed E-state index contributed by atoms with van der Waals surface area (Å²) < 4.78 is 75.9. The predicted octanol–water partition coefficient (Wildman–Crippen LogP) is 6.73. The molecule has 0 radical (unpaired) electrons. The Labute approximate surface area is 283 Å². The highest BCUT2D eigenvalue weighted by Gasteiger charge is 2.37. The van der Waals surface area contributed by atoms with E-state index in [1.54, 1.807) is 74.5 Å². The van der Waals surface area contributed by atoms with Gasteiger partial charge in [-0.05, 0) is 67.4 Å². The van der Waals surface area contributed by atoms with Crippen LogP contribution >= 0.6 is 11.6 Å². The van der Waals surface area contributed by atoms with E-state index in [0.29, 0.717) is 21.7 Å². The van der Waals surface area contributed by atoms with E-state index in [0.717, 1.165) is 17.7 Å². The normalized spacial score (nSPS) is 12.3. The molecule has 0 saturated heterocycles. The topological polar surface area (TPSA) is 96.0 Å². The molecule has 8 nitrogen and oxygen atoms in total. The first-order chi connectivity index (χ1) is 22.7. The van der Waals surface area contributed by atoms with Crippen molar-refractivity contribution >= 4 is 39.1 Å². The molecule has 0 fully saturated rings.